The first-order chi connectivity index (χ1) is 12.5. The Morgan fingerprint density at radius 2 is 2.00 bits per heavy atom. The zero-order valence-corrected chi connectivity index (χ0v) is 16.1. The topological polar surface area (TPSA) is 56.7 Å². The Hall–Kier alpha value is -2.18. The Bertz CT molecular complexity index is 945. The van der Waals surface area contributed by atoms with Gasteiger partial charge < -0.3 is 10.3 Å². The van der Waals surface area contributed by atoms with Gasteiger partial charge in [-0.2, -0.15) is 0 Å². The van der Waals surface area contributed by atoms with Crippen molar-refractivity contribution in [3.05, 3.63) is 65.0 Å². The molecule has 0 aliphatic carbocycles. The first kappa shape index (κ1) is 18.6. The van der Waals surface area contributed by atoms with Crippen LogP contribution in [0.15, 0.2) is 47.3 Å². The van der Waals surface area contributed by atoms with Gasteiger partial charge in [-0.15, -0.1) is 11.8 Å². The van der Waals surface area contributed by atoms with E-state index in [2.05, 4.69) is 40.5 Å². The van der Waals surface area contributed by atoms with Crippen LogP contribution in [0.5, 0.6) is 0 Å². The number of rotatable bonds is 6. The van der Waals surface area contributed by atoms with E-state index in [0.717, 1.165) is 28.7 Å². The fourth-order valence-corrected chi connectivity index (χ4v) is 3.51. The molecule has 6 heteroatoms. The van der Waals surface area contributed by atoms with Crippen molar-refractivity contribution in [2.24, 2.45) is 5.73 Å². The number of halogens is 1. The Balaban J connectivity index is 2.07. The minimum Gasteiger partial charge on any atom is -0.335 e. The van der Waals surface area contributed by atoms with Gasteiger partial charge in [-0.1, -0.05) is 12.1 Å². The Morgan fingerprint density at radius 3 is 2.65 bits per heavy atom. The summed E-state index contributed by atoms with van der Waals surface area (Å²) >= 11 is 1.72. The number of aromatic nitrogens is 3. The monoisotopic (exact) mass is 370 g/mol. The summed E-state index contributed by atoms with van der Waals surface area (Å²) in [5.74, 6) is 0.468. The minimum atomic E-state index is -0.246. The van der Waals surface area contributed by atoms with E-state index in [1.165, 1.54) is 16.5 Å². The average Bonchev–Trinajstić information content (AvgIpc) is 2.87. The molecule has 0 amide bonds. The van der Waals surface area contributed by atoms with Gasteiger partial charge in [0.05, 0.1) is 23.8 Å². The highest BCUT2D eigenvalue weighted by Crippen LogP contribution is 2.28. The fraction of sp³-hybridized carbons (Fsp3) is 0.300. The van der Waals surface area contributed by atoms with Gasteiger partial charge in [0.25, 0.3) is 0 Å². The highest BCUT2D eigenvalue weighted by atomic mass is 32.2. The van der Waals surface area contributed by atoms with Gasteiger partial charge in [0.2, 0.25) is 0 Å². The smallest absolute Gasteiger partial charge is 0.126 e. The van der Waals surface area contributed by atoms with Gasteiger partial charge >= 0.3 is 0 Å². The van der Waals surface area contributed by atoms with Crippen LogP contribution in [0.1, 0.15) is 22.6 Å². The third-order valence-corrected chi connectivity index (χ3v) is 5.24. The van der Waals surface area contributed by atoms with E-state index in [1.807, 2.05) is 18.4 Å². The summed E-state index contributed by atoms with van der Waals surface area (Å²) in [4.78, 5) is 10.2. The lowest BCUT2D eigenvalue weighted by atomic mass is 10.0. The average molecular weight is 370 g/mol. The molecule has 0 radical (unpaired) electrons. The van der Waals surface area contributed by atoms with Crippen LogP contribution in [-0.4, -0.2) is 27.3 Å². The van der Waals surface area contributed by atoms with Gasteiger partial charge in [0.1, 0.15) is 11.7 Å². The van der Waals surface area contributed by atoms with Crippen molar-refractivity contribution >= 4 is 22.8 Å². The van der Waals surface area contributed by atoms with Crippen LogP contribution in [0.2, 0.25) is 0 Å². The molecule has 3 aromatic rings. The number of hydrogen-bond acceptors (Lipinski definition) is 4. The lowest BCUT2D eigenvalue weighted by Gasteiger charge is -2.07. The molecule has 0 bridgehead atoms. The van der Waals surface area contributed by atoms with Crippen molar-refractivity contribution in [3.8, 4) is 0 Å². The van der Waals surface area contributed by atoms with Crippen molar-refractivity contribution in [3.63, 3.8) is 0 Å². The number of hydrogen-bond donors (Lipinski definition) is 1. The maximum atomic E-state index is 14.1. The molecule has 2 aromatic heterocycles. The van der Waals surface area contributed by atoms with Crippen LogP contribution in [0.4, 0.5) is 4.39 Å². The molecule has 0 saturated carbocycles. The molecule has 1 aromatic carbocycles. The quantitative estimate of drug-likeness (QED) is 0.662. The molecule has 2 N–H and O–H groups in total. The van der Waals surface area contributed by atoms with Gasteiger partial charge in [0.15, 0.2) is 0 Å². The molecule has 136 valence electrons. The molecule has 0 unspecified atom stereocenters. The van der Waals surface area contributed by atoms with Crippen molar-refractivity contribution < 1.29 is 4.39 Å². The summed E-state index contributed by atoms with van der Waals surface area (Å²) in [5.41, 5.74) is 10.5. The predicted molar refractivity (Wildman–Crippen MR) is 106 cm³/mol. The van der Waals surface area contributed by atoms with Crippen LogP contribution < -0.4 is 5.73 Å². The largest absolute Gasteiger partial charge is 0.335 e. The molecule has 0 atom stereocenters. The van der Waals surface area contributed by atoms with Crippen molar-refractivity contribution in [1.29, 1.82) is 0 Å². The van der Waals surface area contributed by atoms with Crippen LogP contribution in [0.3, 0.4) is 0 Å². The zero-order chi connectivity index (χ0) is 18.7. The first-order valence-corrected chi connectivity index (χ1v) is 9.74. The molecular weight excluding hydrogens is 347 g/mol. The van der Waals surface area contributed by atoms with Crippen molar-refractivity contribution in [2.75, 3.05) is 12.8 Å². The van der Waals surface area contributed by atoms with E-state index in [-0.39, 0.29) is 18.9 Å². The highest BCUT2D eigenvalue weighted by molar-refractivity contribution is 7.98. The lowest BCUT2D eigenvalue weighted by Crippen LogP contribution is -2.04. The van der Waals surface area contributed by atoms with Crippen LogP contribution in [0.25, 0.3) is 11.0 Å². The van der Waals surface area contributed by atoms with Gasteiger partial charge in [-0.25, -0.2) is 14.4 Å². The van der Waals surface area contributed by atoms with Crippen molar-refractivity contribution in [1.82, 2.24) is 14.5 Å². The molecule has 0 saturated heterocycles. The molecular formula is C20H23FN4S. The van der Waals surface area contributed by atoms with Crippen LogP contribution in [-0.2, 0) is 13.0 Å². The molecule has 26 heavy (non-hydrogen) atoms. The van der Waals surface area contributed by atoms with Gasteiger partial charge in [0, 0.05) is 29.1 Å². The third-order valence-electron chi connectivity index (χ3n) is 4.50. The van der Waals surface area contributed by atoms with E-state index < -0.39 is 0 Å². The van der Waals surface area contributed by atoms with Crippen molar-refractivity contribution in [2.45, 2.75) is 31.7 Å². The number of aryl methyl sites for hydroxylation is 1. The Morgan fingerprint density at radius 1 is 1.27 bits per heavy atom. The Labute approximate surface area is 157 Å². The number of nitrogens with two attached hydrogens (primary N) is 1. The van der Waals surface area contributed by atoms with Crippen LogP contribution >= 0.6 is 11.8 Å². The predicted octanol–water partition coefficient (Wildman–Crippen LogP) is 4.17. The molecule has 2 heterocycles. The summed E-state index contributed by atoms with van der Waals surface area (Å²) in [6, 6.07) is 8.52. The number of thioether (sulfide) groups is 1. The second-order valence-electron chi connectivity index (χ2n) is 6.21. The normalized spacial score (nSPS) is 12.1. The standard InChI is InChI=1S/C20H23FN4S/c1-13-18(10-15-4-6-17(26-3)7-5-15)20-19(11-23-14(2)24-20)25(13)12-16(21)8-9-22/h4-8,11H,9-10,12,22H2,1-3H3/b16-8-. The van der Waals surface area contributed by atoms with Gasteiger partial charge in [-0.3, -0.25) is 0 Å². The second kappa shape index (κ2) is 8.01. The minimum absolute atomic E-state index is 0.150. The maximum Gasteiger partial charge on any atom is 0.126 e. The summed E-state index contributed by atoms with van der Waals surface area (Å²) in [6.07, 6.45) is 6.00. The lowest BCUT2D eigenvalue weighted by molar-refractivity contribution is 0.554. The van der Waals surface area contributed by atoms with Crippen LogP contribution in [0, 0.1) is 13.8 Å². The van der Waals surface area contributed by atoms with E-state index in [1.54, 1.807) is 18.0 Å². The van der Waals surface area contributed by atoms with E-state index >= 15 is 0 Å². The summed E-state index contributed by atoms with van der Waals surface area (Å²) in [5, 5.41) is 0. The fourth-order valence-electron chi connectivity index (χ4n) is 3.10. The zero-order valence-electron chi connectivity index (χ0n) is 15.3. The number of fused-ring (bicyclic) bond motifs is 1. The second-order valence-corrected chi connectivity index (χ2v) is 7.09. The molecule has 0 aliphatic rings. The number of benzene rings is 1. The molecule has 0 fully saturated rings. The van der Waals surface area contributed by atoms with E-state index in [9.17, 15) is 4.39 Å². The molecule has 3 rings (SSSR count). The third kappa shape index (κ3) is 3.81. The summed E-state index contributed by atoms with van der Waals surface area (Å²) < 4.78 is 16.0. The van der Waals surface area contributed by atoms with Gasteiger partial charge in [-0.05, 0) is 43.9 Å². The first-order valence-electron chi connectivity index (χ1n) is 8.52. The molecule has 4 nitrogen and oxygen atoms in total. The molecule has 0 spiro atoms. The van der Waals surface area contributed by atoms with E-state index in [4.69, 9.17) is 5.73 Å². The summed E-state index contributed by atoms with van der Waals surface area (Å²) in [7, 11) is 0. The molecule has 0 aliphatic heterocycles. The highest BCUT2D eigenvalue weighted by Gasteiger charge is 2.17. The number of nitrogens with zero attached hydrogens (tertiary/aromatic N) is 3. The van der Waals surface area contributed by atoms with E-state index in [0.29, 0.717) is 5.82 Å². The maximum absolute atomic E-state index is 14.1. The summed E-state index contributed by atoms with van der Waals surface area (Å²) in [6.45, 7) is 4.22. The number of allylic oxidation sites excluding steroid dienone is 1. The Kier molecular flexibility index (Phi) is 5.74. The SMILES string of the molecule is CSc1ccc(Cc2c(C)n(C/C(F)=C/CN)c3cnc(C)nc23)cc1.